The van der Waals surface area contributed by atoms with Crippen LogP contribution in [0.5, 0.6) is 5.75 Å². The van der Waals surface area contributed by atoms with Crippen molar-refractivity contribution in [2.75, 3.05) is 6.61 Å². The van der Waals surface area contributed by atoms with Crippen molar-refractivity contribution < 1.29 is 9.53 Å². The Balaban J connectivity index is 2.13. The van der Waals surface area contributed by atoms with E-state index in [9.17, 15) is 9.59 Å². The Morgan fingerprint density at radius 2 is 2.10 bits per heavy atom. The number of hydrogen-bond donors (Lipinski definition) is 1. The highest BCUT2D eigenvalue weighted by molar-refractivity contribution is 9.10. The largest absolute Gasteiger partial charge is 0.482 e. The molecule has 1 aromatic heterocycles. The van der Waals surface area contributed by atoms with Crippen LogP contribution in [0.3, 0.4) is 0 Å². The predicted octanol–water partition coefficient (Wildman–Crippen LogP) is 4.66. The molecule has 2 aromatic carbocycles. The van der Waals surface area contributed by atoms with Crippen LogP contribution in [0, 0.1) is 0 Å². The Hall–Kier alpha value is -2.23. The average Bonchev–Trinajstić information content (AvgIpc) is 2.71. The maximum absolute atomic E-state index is 13.2. The molecule has 0 radical (unpaired) electrons. The standard InChI is InChI=1S/C21H19Br2ClN4O3/c1-2-3-4-19-27-17-6-5-13(22)8-15(17)21(30)28(19)26-10-12-7-14(24)9-16(23)20(12)31-11-18(25)29/h5-10H,2-4,11H2,1H3,(H2,25,29). The van der Waals surface area contributed by atoms with Crippen molar-refractivity contribution in [2.24, 2.45) is 10.8 Å². The Labute approximate surface area is 200 Å². The molecule has 2 N–H and O–H groups in total. The highest BCUT2D eigenvalue weighted by atomic mass is 79.9. The number of hydrogen-bond acceptors (Lipinski definition) is 5. The number of carbonyl (C=O) groups excluding carboxylic acids is 1. The molecule has 3 aromatic rings. The quantitative estimate of drug-likeness (QED) is 0.398. The SMILES string of the molecule is CCCCc1nc2ccc(Br)cc2c(=O)n1N=Cc1cc(Cl)cc(Br)c1OCC(N)=O. The second-order valence-corrected chi connectivity index (χ2v) is 8.92. The van der Waals surface area contributed by atoms with Crippen LogP contribution in [-0.2, 0) is 11.2 Å². The summed E-state index contributed by atoms with van der Waals surface area (Å²) in [4.78, 5) is 29.0. The average molecular weight is 571 g/mol. The number of aryl methyl sites for hydroxylation is 1. The van der Waals surface area contributed by atoms with Gasteiger partial charge >= 0.3 is 0 Å². The molecule has 162 valence electrons. The molecule has 7 nitrogen and oxygen atoms in total. The van der Waals surface area contributed by atoms with E-state index >= 15 is 0 Å². The predicted molar refractivity (Wildman–Crippen MR) is 129 cm³/mol. The summed E-state index contributed by atoms with van der Waals surface area (Å²) in [6.07, 6.45) is 3.86. The van der Waals surface area contributed by atoms with Gasteiger partial charge in [0.25, 0.3) is 11.5 Å². The van der Waals surface area contributed by atoms with Crippen LogP contribution < -0.4 is 16.0 Å². The Morgan fingerprint density at radius 3 is 2.81 bits per heavy atom. The van der Waals surface area contributed by atoms with Crippen LogP contribution in [0.25, 0.3) is 10.9 Å². The molecule has 1 amide bonds. The van der Waals surface area contributed by atoms with Gasteiger partial charge in [-0.05, 0) is 52.7 Å². The van der Waals surface area contributed by atoms with Crippen LogP contribution >= 0.6 is 43.5 Å². The molecule has 10 heteroatoms. The maximum Gasteiger partial charge on any atom is 0.282 e. The van der Waals surface area contributed by atoms with E-state index < -0.39 is 5.91 Å². The first-order valence-electron chi connectivity index (χ1n) is 9.45. The molecule has 0 saturated carbocycles. The summed E-state index contributed by atoms with van der Waals surface area (Å²) in [6, 6.07) is 8.61. The van der Waals surface area contributed by atoms with Gasteiger partial charge in [0.2, 0.25) is 0 Å². The van der Waals surface area contributed by atoms with Crippen molar-refractivity contribution in [3.8, 4) is 5.75 Å². The first kappa shape index (κ1) is 23.4. The summed E-state index contributed by atoms with van der Waals surface area (Å²) in [5.41, 5.74) is 6.00. The zero-order chi connectivity index (χ0) is 22.5. The Morgan fingerprint density at radius 1 is 1.32 bits per heavy atom. The second kappa shape index (κ2) is 10.4. The van der Waals surface area contributed by atoms with Crippen molar-refractivity contribution in [3.63, 3.8) is 0 Å². The fourth-order valence-electron chi connectivity index (χ4n) is 2.90. The van der Waals surface area contributed by atoms with E-state index in [2.05, 4.69) is 48.9 Å². The molecule has 0 spiro atoms. The van der Waals surface area contributed by atoms with Crippen LogP contribution in [0.4, 0.5) is 0 Å². The minimum atomic E-state index is -0.618. The lowest BCUT2D eigenvalue weighted by atomic mass is 10.2. The normalized spacial score (nSPS) is 11.4. The fraction of sp³-hybridized carbons (Fsp3) is 0.238. The molecule has 0 atom stereocenters. The third-order valence-electron chi connectivity index (χ3n) is 4.34. The molecular formula is C21H19Br2ClN4O3. The molecule has 31 heavy (non-hydrogen) atoms. The number of fused-ring (bicyclic) bond motifs is 1. The van der Waals surface area contributed by atoms with Crippen LogP contribution in [-0.4, -0.2) is 28.4 Å². The highest BCUT2D eigenvalue weighted by Crippen LogP contribution is 2.32. The van der Waals surface area contributed by atoms with E-state index in [-0.39, 0.29) is 12.2 Å². The van der Waals surface area contributed by atoms with Crippen LogP contribution in [0.15, 0.2) is 49.2 Å². The number of benzene rings is 2. The van der Waals surface area contributed by atoms with Gasteiger partial charge in [0.15, 0.2) is 6.61 Å². The van der Waals surface area contributed by atoms with Gasteiger partial charge in [0.1, 0.15) is 11.6 Å². The summed E-state index contributed by atoms with van der Waals surface area (Å²) in [6.45, 7) is 1.75. The van der Waals surface area contributed by atoms with Crippen molar-refractivity contribution in [2.45, 2.75) is 26.2 Å². The number of primary amides is 1. The van der Waals surface area contributed by atoms with Crippen molar-refractivity contribution in [1.29, 1.82) is 0 Å². The van der Waals surface area contributed by atoms with E-state index in [0.29, 0.717) is 44.0 Å². The summed E-state index contributed by atoms with van der Waals surface area (Å²) in [5, 5.41) is 5.28. The summed E-state index contributed by atoms with van der Waals surface area (Å²) in [5.74, 6) is 0.275. The lowest BCUT2D eigenvalue weighted by Gasteiger charge is -2.12. The van der Waals surface area contributed by atoms with Gasteiger partial charge in [0, 0.05) is 21.5 Å². The molecule has 1 heterocycles. The maximum atomic E-state index is 13.2. The third kappa shape index (κ3) is 5.72. The molecule has 0 aliphatic rings. The first-order chi connectivity index (χ1) is 14.8. The number of halogens is 3. The number of nitrogens with zero attached hydrogens (tertiary/aromatic N) is 3. The number of unbranched alkanes of at least 4 members (excludes halogenated alkanes) is 1. The lowest BCUT2D eigenvalue weighted by Crippen LogP contribution is -2.23. The summed E-state index contributed by atoms with van der Waals surface area (Å²) >= 11 is 12.9. The fourth-order valence-corrected chi connectivity index (χ4v) is 4.21. The van der Waals surface area contributed by atoms with E-state index in [0.717, 1.165) is 17.3 Å². The van der Waals surface area contributed by atoms with E-state index in [1.54, 1.807) is 24.3 Å². The van der Waals surface area contributed by atoms with Gasteiger partial charge in [-0.1, -0.05) is 40.9 Å². The van der Waals surface area contributed by atoms with Crippen molar-refractivity contribution in [3.05, 3.63) is 66.0 Å². The summed E-state index contributed by atoms with van der Waals surface area (Å²) < 4.78 is 8.10. The number of rotatable bonds is 8. The second-order valence-electron chi connectivity index (χ2n) is 6.72. The third-order valence-corrected chi connectivity index (χ3v) is 5.64. The first-order valence-corrected chi connectivity index (χ1v) is 11.4. The number of ether oxygens (including phenoxy) is 1. The van der Waals surface area contributed by atoms with Gasteiger partial charge < -0.3 is 10.5 Å². The molecule has 3 rings (SSSR count). The molecule has 0 aliphatic heterocycles. The van der Waals surface area contributed by atoms with Crippen LogP contribution in [0.1, 0.15) is 31.2 Å². The van der Waals surface area contributed by atoms with Crippen molar-refractivity contribution >= 4 is 66.5 Å². The number of aromatic nitrogens is 2. The zero-order valence-electron chi connectivity index (χ0n) is 16.6. The zero-order valence-corrected chi connectivity index (χ0v) is 20.5. The van der Waals surface area contributed by atoms with E-state index in [1.807, 2.05) is 6.07 Å². The Kier molecular flexibility index (Phi) is 7.85. The van der Waals surface area contributed by atoms with Crippen LogP contribution in [0.2, 0.25) is 5.02 Å². The molecule has 0 unspecified atom stereocenters. The van der Waals surface area contributed by atoms with Gasteiger partial charge in [-0.15, -0.1) is 0 Å². The molecule has 0 fully saturated rings. The van der Waals surface area contributed by atoms with Gasteiger partial charge in [-0.3, -0.25) is 9.59 Å². The van der Waals surface area contributed by atoms with E-state index in [1.165, 1.54) is 10.9 Å². The lowest BCUT2D eigenvalue weighted by molar-refractivity contribution is -0.119. The Bertz CT molecular complexity index is 1230. The molecule has 0 bridgehead atoms. The number of nitrogens with two attached hydrogens (primary N) is 1. The van der Waals surface area contributed by atoms with Crippen molar-refractivity contribution in [1.82, 2.24) is 9.66 Å². The molecular weight excluding hydrogens is 552 g/mol. The molecule has 0 aliphatic carbocycles. The minimum absolute atomic E-state index is 0.283. The van der Waals surface area contributed by atoms with Gasteiger partial charge in [0.05, 0.1) is 21.6 Å². The summed E-state index contributed by atoms with van der Waals surface area (Å²) in [7, 11) is 0. The van der Waals surface area contributed by atoms with Gasteiger partial charge in [-0.2, -0.15) is 9.78 Å². The minimum Gasteiger partial charge on any atom is -0.482 e. The smallest absolute Gasteiger partial charge is 0.282 e. The van der Waals surface area contributed by atoms with E-state index in [4.69, 9.17) is 22.1 Å². The number of amides is 1. The number of carbonyl (C=O) groups is 1. The van der Waals surface area contributed by atoms with Gasteiger partial charge in [-0.25, -0.2) is 4.98 Å². The highest BCUT2D eigenvalue weighted by Gasteiger charge is 2.13. The molecule has 0 saturated heterocycles. The monoisotopic (exact) mass is 568 g/mol. The topological polar surface area (TPSA) is 99.6 Å².